The molecule has 4 aromatic rings. The molecule has 41 heavy (non-hydrogen) atoms. The lowest BCUT2D eigenvalue weighted by molar-refractivity contribution is 0.0240. The van der Waals surface area contributed by atoms with Crippen molar-refractivity contribution >= 4 is 28.9 Å². The van der Waals surface area contributed by atoms with Crippen LogP contribution in [0.2, 0.25) is 0 Å². The molecule has 0 aliphatic carbocycles. The normalized spacial score (nSPS) is 15.3. The van der Waals surface area contributed by atoms with Crippen LogP contribution in [0.15, 0.2) is 49.1 Å². The fourth-order valence-corrected chi connectivity index (χ4v) is 5.14. The molecule has 0 spiro atoms. The highest BCUT2D eigenvalue weighted by molar-refractivity contribution is 5.76. The van der Waals surface area contributed by atoms with Gasteiger partial charge in [-0.15, -0.1) is 0 Å². The first-order valence-corrected chi connectivity index (χ1v) is 13.9. The van der Waals surface area contributed by atoms with Crippen molar-refractivity contribution in [1.82, 2.24) is 24.3 Å². The minimum atomic E-state index is -0.511. The Morgan fingerprint density at radius 2 is 1.93 bits per heavy atom. The Labute approximate surface area is 239 Å². The van der Waals surface area contributed by atoms with Gasteiger partial charge in [0, 0.05) is 73.8 Å². The van der Waals surface area contributed by atoms with Crippen LogP contribution in [0.5, 0.6) is 11.6 Å². The molecule has 1 aromatic carbocycles. The van der Waals surface area contributed by atoms with Crippen LogP contribution in [0.25, 0.3) is 16.9 Å². The van der Waals surface area contributed by atoms with Gasteiger partial charge in [-0.2, -0.15) is 0 Å². The summed E-state index contributed by atoms with van der Waals surface area (Å²) in [5, 5.41) is 3.45. The molecule has 2 aliphatic heterocycles. The Morgan fingerprint density at radius 1 is 1.10 bits per heavy atom. The number of piperazine rings is 1. The number of fused-ring (bicyclic) bond motifs is 2. The maximum atomic E-state index is 12.5. The maximum absolute atomic E-state index is 12.5. The van der Waals surface area contributed by atoms with Gasteiger partial charge in [-0.3, -0.25) is 0 Å². The fraction of sp³-hybridized carbons (Fsp3) is 0.400. The molecular formula is C30H35N7O4. The van der Waals surface area contributed by atoms with Gasteiger partial charge < -0.3 is 33.7 Å². The predicted molar refractivity (Wildman–Crippen MR) is 156 cm³/mol. The third kappa shape index (κ3) is 5.70. The SMILES string of the molecule is COc1cc(Nc2nc(-c3cnc4c(c3)CCCO4)cn3ccnc23)ccc1N1CCN(C(=O)OC(C)(C)C)CC1. The molecule has 2 aliphatic rings. The highest BCUT2D eigenvalue weighted by atomic mass is 16.6. The van der Waals surface area contributed by atoms with Crippen molar-refractivity contribution in [3.8, 4) is 22.9 Å². The summed E-state index contributed by atoms with van der Waals surface area (Å²) in [6.45, 7) is 8.87. The maximum Gasteiger partial charge on any atom is 0.410 e. The summed E-state index contributed by atoms with van der Waals surface area (Å²) in [5.74, 6) is 2.07. The summed E-state index contributed by atoms with van der Waals surface area (Å²) in [6, 6.07) is 8.10. The molecule has 0 bridgehead atoms. The second-order valence-electron chi connectivity index (χ2n) is 11.2. The highest BCUT2D eigenvalue weighted by Gasteiger charge is 2.27. The lowest BCUT2D eigenvalue weighted by Gasteiger charge is -2.37. The van der Waals surface area contributed by atoms with Crippen molar-refractivity contribution in [2.45, 2.75) is 39.2 Å². The van der Waals surface area contributed by atoms with Gasteiger partial charge in [-0.05, 0) is 51.8 Å². The van der Waals surface area contributed by atoms with Crippen molar-refractivity contribution in [2.24, 2.45) is 0 Å². The van der Waals surface area contributed by atoms with E-state index < -0.39 is 5.60 Å². The van der Waals surface area contributed by atoms with E-state index in [0.717, 1.165) is 46.8 Å². The molecule has 1 N–H and O–H groups in total. The zero-order chi connectivity index (χ0) is 28.6. The van der Waals surface area contributed by atoms with Crippen molar-refractivity contribution in [1.29, 1.82) is 0 Å². The molecule has 5 heterocycles. The first-order valence-electron chi connectivity index (χ1n) is 13.9. The predicted octanol–water partition coefficient (Wildman–Crippen LogP) is 4.93. The number of ether oxygens (including phenoxy) is 3. The number of hydrogen-bond donors (Lipinski definition) is 1. The molecule has 0 unspecified atom stereocenters. The van der Waals surface area contributed by atoms with E-state index in [-0.39, 0.29) is 6.09 Å². The van der Waals surface area contributed by atoms with E-state index in [2.05, 4.69) is 26.3 Å². The molecule has 11 nitrogen and oxygen atoms in total. The Morgan fingerprint density at radius 3 is 2.71 bits per heavy atom. The fourth-order valence-electron chi connectivity index (χ4n) is 5.14. The van der Waals surface area contributed by atoms with E-state index in [4.69, 9.17) is 19.2 Å². The van der Waals surface area contributed by atoms with Crippen LogP contribution in [-0.4, -0.2) is 75.8 Å². The molecule has 214 valence electrons. The van der Waals surface area contributed by atoms with E-state index in [1.165, 1.54) is 0 Å². The largest absolute Gasteiger partial charge is 0.495 e. The van der Waals surface area contributed by atoms with E-state index >= 15 is 0 Å². The molecule has 1 saturated heterocycles. The van der Waals surface area contributed by atoms with Crippen LogP contribution in [-0.2, 0) is 11.2 Å². The lowest BCUT2D eigenvalue weighted by atomic mass is 10.1. The summed E-state index contributed by atoms with van der Waals surface area (Å²) < 4.78 is 19.0. The number of rotatable bonds is 5. The van der Waals surface area contributed by atoms with E-state index in [9.17, 15) is 4.79 Å². The topological polar surface area (TPSA) is 106 Å². The van der Waals surface area contributed by atoms with Gasteiger partial charge in [0.2, 0.25) is 5.88 Å². The summed E-state index contributed by atoms with van der Waals surface area (Å²) in [5.41, 5.74) is 4.80. The number of aromatic nitrogens is 4. The number of nitrogens with zero attached hydrogens (tertiary/aromatic N) is 6. The number of carbonyl (C=O) groups excluding carboxylic acids is 1. The molecule has 1 amide bonds. The number of methoxy groups -OCH3 is 1. The minimum Gasteiger partial charge on any atom is -0.495 e. The van der Waals surface area contributed by atoms with Crippen LogP contribution in [0.4, 0.5) is 22.0 Å². The van der Waals surface area contributed by atoms with Crippen molar-refractivity contribution in [3.63, 3.8) is 0 Å². The van der Waals surface area contributed by atoms with Crippen LogP contribution in [0, 0.1) is 0 Å². The minimum absolute atomic E-state index is 0.275. The van der Waals surface area contributed by atoms with Gasteiger partial charge >= 0.3 is 6.09 Å². The van der Waals surface area contributed by atoms with Crippen molar-refractivity contribution < 1.29 is 19.0 Å². The molecule has 3 aromatic heterocycles. The molecule has 1 fully saturated rings. The summed E-state index contributed by atoms with van der Waals surface area (Å²) in [4.78, 5) is 30.4. The quantitative estimate of drug-likeness (QED) is 0.366. The summed E-state index contributed by atoms with van der Waals surface area (Å²) >= 11 is 0. The Balaban J connectivity index is 1.22. The van der Waals surface area contributed by atoms with Gasteiger partial charge in [0.1, 0.15) is 11.4 Å². The van der Waals surface area contributed by atoms with E-state index in [1.807, 2.05) is 55.8 Å². The highest BCUT2D eigenvalue weighted by Crippen LogP contribution is 2.34. The first kappa shape index (κ1) is 26.7. The zero-order valence-electron chi connectivity index (χ0n) is 23.9. The number of carbonyl (C=O) groups is 1. The Hall–Kier alpha value is -4.54. The standard InChI is InChI=1S/C30H35N7O4/c1-30(2,3)41-29(38)36-13-11-35(12-14-36)24-8-7-22(17-25(24)39-4)33-26-27-31-9-10-37(27)19-23(34-26)21-16-20-6-5-15-40-28(20)32-18-21/h7-10,16-19H,5-6,11-15H2,1-4H3,(H,33,34). The van der Waals surface area contributed by atoms with Crippen LogP contribution in [0.1, 0.15) is 32.8 Å². The number of benzene rings is 1. The van der Waals surface area contributed by atoms with Crippen LogP contribution in [0.3, 0.4) is 0 Å². The zero-order valence-corrected chi connectivity index (χ0v) is 23.9. The molecular weight excluding hydrogens is 522 g/mol. The van der Waals surface area contributed by atoms with Crippen LogP contribution < -0.4 is 19.7 Å². The third-order valence-electron chi connectivity index (χ3n) is 7.14. The molecule has 0 radical (unpaired) electrons. The summed E-state index contributed by atoms with van der Waals surface area (Å²) in [6.07, 6.45) is 9.07. The second-order valence-corrected chi connectivity index (χ2v) is 11.2. The Bertz CT molecular complexity index is 1570. The number of nitrogens with one attached hydrogen (secondary N) is 1. The molecule has 11 heteroatoms. The van der Waals surface area contributed by atoms with Gasteiger partial charge in [-0.25, -0.2) is 19.7 Å². The average Bonchev–Trinajstić information content (AvgIpc) is 3.45. The van der Waals surface area contributed by atoms with Crippen molar-refractivity contribution in [3.05, 3.63) is 54.6 Å². The van der Waals surface area contributed by atoms with Crippen LogP contribution >= 0.6 is 0 Å². The van der Waals surface area contributed by atoms with Gasteiger partial charge in [-0.1, -0.05) is 0 Å². The van der Waals surface area contributed by atoms with Crippen molar-refractivity contribution in [2.75, 3.05) is 50.1 Å². The van der Waals surface area contributed by atoms with E-state index in [0.29, 0.717) is 50.1 Å². The van der Waals surface area contributed by atoms with E-state index in [1.54, 1.807) is 24.4 Å². The monoisotopic (exact) mass is 557 g/mol. The average molecular weight is 558 g/mol. The molecule has 0 atom stereocenters. The van der Waals surface area contributed by atoms with Gasteiger partial charge in [0.15, 0.2) is 11.5 Å². The molecule has 0 saturated carbocycles. The smallest absolute Gasteiger partial charge is 0.410 e. The number of hydrogen-bond acceptors (Lipinski definition) is 9. The number of amides is 1. The van der Waals surface area contributed by atoms with Gasteiger partial charge in [0.05, 0.1) is 25.1 Å². The third-order valence-corrected chi connectivity index (χ3v) is 7.14. The number of anilines is 3. The number of pyridine rings is 1. The number of aryl methyl sites for hydroxylation is 1. The molecule has 6 rings (SSSR count). The summed E-state index contributed by atoms with van der Waals surface area (Å²) in [7, 11) is 1.66. The lowest BCUT2D eigenvalue weighted by Crippen LogP contribution is -2.50. The number of imidazole rings is 1. The van der Waals surface area contributed by atoms with Gasteiger partial charge in [0.25, 0.3) is 0 Å². The Kier molecular flexibility index (Phi) is 7.02. The first-order chi connectivity index (χ1) is 19.8. The second kappa shape index (κ2) is 10.8.